The number of sulfone groups is 1. The second-order valence-electron chi connectivity index (χ2n) is 3.87. The van der Waals surface area contributed by atoms with Gasteiger partial charge in [0.15, 0.2) is 9.84 Å². The molecule has 0 aromatic rings. The van der Waals surface area contributed by atoms with Crippen LogP contribution in [0.15, 0.2) is 0 Å². The summed E-state index contributed by atoms with van der Waals surface area (Å²) in [7, 11) is -3.05. The number of rotatable bonds is 4. The summed E-state index contributed by atoms with van der Waals surface area (Å²) in [5.41, 5.74) is 0. The second-order valence-corrected chi connectivity index (χ2v) is 6.10. The maximum Gasteiger partial charge on any atom is 0.405 e. The zero-order valence-electron chi connectivity index (χ0n) is 8.88. The van der Waals surface area contributed by atoms with E-state index in [1.54, 1.807) is 5.32 Å². The van der Waals surface area contributed by atoms with Gasteiger partial charge in [-0.1, -0.05) is 0 Å². The van der Waals surface area contributed by atoms with Crippen LogP contribution in [0.5, 0.6) is 0 Å². The first-order chi connectivity index (χ1) is 7.68. The molecule has 1 heterocycles. The van der Waals surface area contributed by atoms with Crippen molar-refractivity contribution in [3.8, 4) is 0 Å². The lowest BCUT2D eigenvalue weighted by Crippen LogP contribution is -2.42. The highest BCUT2D eigenvalue weighted by molar-refractivity contribution is 7.91. The van der Waals surface area contributed by atoms with Crippen LogP contribution < -0.4 is 10.6 Å². The van der Waals surface area contributed by atoms with E-state index < -0.39 is 28.5 Å². The van der Waals surface area contributed by atoms with Gasteiger partial charge < -0.3 is 10.6 Å². The molecule has 1 rings (SSSR count). The summed E-state index contributed by atoms with van der Waals surface area (Å²) in [6, 6.07) is -0.350. The molecule has 9 heteroatoms. The van der Waals surface area contributed by atoms with E-state index in [0.29, 0.717) is 6.42 Å². The molecule has 1 atom stereocenters. The quantitative estimate of drug-likeness (QED) is 0.721. The molecule has 1 saturated heterocycles. The summed E-state index contributed by atoms with van der Waals surface area (Å²) in [6.07, 6.45) is -4.05. The van der Waals surface area contributed by atoms with Crippen molar-refractivity contribution in [2.75, 3.05) is 24.6 Å². The minimum Gasteiger partial charge on any atom is -0.346 e. The van der Waals surface area contributed by atoms with Crippen LogP contribution in [-0.4, -0.2) is 51.1 Å². The van der Waals surface area contributed by atoms with E-state index in [1.807, 2.05) is 0 Å². The molecule has 100 valence electrons. The molecule has 0 radical (unpaired) electrons. The van der Waals surface area contributed by atoms with Crippen molar-refractivity contribution >= 4 is 15.7 Å². The molecule has 0 aromatic carbocycles. The Bertz CT molecular complexity index is 380. The Morgan fingerprint density at radius 2 is 2.00 bits per heavy atom. The molecule has 1 aliphatic heterocycles. The Hall–Kier alpha value is -0.830. The SMILES string of the molecule is O=C(CNC1CCS(=O)(=O)C1)NCC(F)(F)F. The molecule has 0 bridgehead atoms. The molecule has 1 aliphatic rings. The van der Waals surface area contributed by atoms with Crippen LogP contribution in [0.3, 0.4) is 0 Å². The second kappa shape index (κ2) is 5.21. The molecule has 17 heavy (non-hydrogen) atoms. The zero-order valence-corrected chi connectivity index (χ0v) is 9.70. The summed E-state index contributed by atoms with van der Waals surface area (Å²) in [4.78, 5) is 11.0. The monoisotopic (exact) mass is 274 g/mol. The maximum atomic E-state index is 11.7. The van der Waals surface area contributed by atoms with Gasteiger partial charge in [0.2, 0.25) is 5.91 Å². The highest BCUT2D eigenvalue weighted by Gasteiger charge is 2.29. The fraction of sp³-hybridized carbons (Fsp3) is 0.875. The summed E-state index contributed by atoms with van der Waals surface area (Å²) >= 11 is 0. The van der Waals surface area contributed by atoms with E-state index in [9.17, 15) is 26.4 Å². The van der Waals surface area contributed by atoms with E-state index >= 15 is 0 Å². The van der Waals surface area contributed by atoms with Gasteiger partial charge in [-0.2, -0.15) is 13.2 Å². The molecular formula is C8H13F3N2O3S. The number of amides is 1. The van der Waals surface area contributed by atoms with Crippen LogP contribution in [0.1, 0.15) is 6.42 Å². The Labute approximate surface area is 96.7 Å². The highest BCUT2D eigenvalue weighted by Crippen LogP contribution is 2.12. The van der Waals surface area contributed by atoms with Crippen LogP contribution in [0.2, 0.25) is 0 Å². The van der Waals surface area contributed by atoms with Gasteiger partial charge in [0, 0.05) is 6.04 Å². The summed E-state index contributed by atoms with van der Waals surface area (Å²) in [5.74, 6) is -0.819. The predicted octanol–water partition coefficient (Wildman–Crippen LogP) is -0.558. The fourth-order valence-corrected chi connectivity index (χ4v) is 3.16. The first-order valence-electron chi connectivity index (χ1n) is 4.95. The van der Waals surface area contributed by atoms with Crippen molar-refractivity contribution in [1.29, 1.82) is 0 Å². The summed E-state index contributed by atoms with van der Waals surface area (Å²) in [6.45, 7) is -1.69. The van der Waals surface area contributed by atoms with Crippen LogP contribution >= 0.6 is 0 Å². The first-order valence-corrected chi connectivity index (χ1v) is 6.77. The van der Waals surface area contributed by atoms with Gasteiger partial charge in [0.1, 0.15) is 6.54 Å². The van der Waals surface area contributed by atoms with E-state index in [4.69, 9.17) is 0 Å². The minimum atomic E-state index is -4.44. The summed E-state index contributed by atoms with van der Waals surface area (Å²) < 4.78 is 57.3. The van der Waals surface area contributed by atoms with Gasteiger partial charge in [-0.25, -0.2) is 8.42 Å². The average molecular weight is 274 g/mol. The van der Waals surface area contributed by atoms with Gasteiger partial charge in [-0.05, 0) is 6.42 Å². The van der Waals surface area contributed by atoms with E-state index in [-0.39, 0.29) is 24.1 Å². The number of carbonyl (C=O) groups excluding carboxylic acids is 1. The van der Waals surface area contributed by atoms with Crippen molar-refractivity contribution in [2.24, 2.45) is 0 Å². The number of halogens is 3. The maximum absolute atomic E-state index is 11.7. The number of alkyl halides is 3. The highest BCUT2D eigenvalue weighted by atomic mass is 32.2. The molecule has 0 aliphatic carbocycles. The van der Waals surface area contributed by atoms with Crippen molar-refractivity contribution in [3.63, 3.8) is 0 Å². The molecule has 1 amide bonds. The number of carbonyl (C=O) groups is 1. The zero-order chi connectivity index (χ0) is 13.1. The largest absolute Gasteiger partial charge is 0.405 e. The third-order valence-electron chi connectivity index (χ3n) is 2.27. The molecule has 2 N–H and O–H groups in total. The minimum absolute atomic E-state index is 0.0504. The van der Waals surface area contributed by atoms with Crippen LogP contribution in [0.4, 0.5) is 13.2 Å². The standard InChI is InChI=1S/C8H13F3N2O3S/c9-8(10,11)5-13-7(14)3-12-6-1-2-17(15,16)4-6/h6,12H,1-5H2,(H,13,14). The van der Waals surface area contributed by atoms with E-state index in [0.717, 1.165) is 0 Å². The van der Waals surface area contributed by atoms with Gasteiger partial charge >= 0.3 is 6.18 Å². The third kappa shape index (κ3) is 5.87. The normalized spacial score (nSPS) is 23.6. The van der Waals surface area contributed by atoms with Crippen LogP contribution in [0.25, 0.3) is 0 Å². The Kier molecular flexibility index (Phi) is 4.36. The fourth-order valence-electron chi connectivity index (χ4n) is 1.45. The molecule has 1 unspecified atom stereocenters. The van der Waals surface area contributed by atoms with Crippen molar-refractivity contribution in [2.45, 2.75) is 18.6 Å². The lowest BCUT2D eigenvalue weighted by molar-refractivity contribution is -0.137. The summed E-state index contributed by atoms with van der Waals surface area (Å²) in [5, 5.41) is 4.31. The molecule has 5 nitrogen and oxygen atoms in total. The Morgan fingerprint density at radius 3 is 2.47 bits per heavy atom. The van der Waals surface area contributed by atoms with Gasteiger partial charge in [0.05, 0.1) is 18.1 Å². The molecule has 0 aromatic heterocycles. The third-order valence-corrected chi connectivity index (χ3v) is 4.04. The Morgan fingerprint density at radius 1 is 1.35 bits per heavy atom. The topological polar surface area (TPSA) is 75.3 Å². The van der Waals surface area contributed by atoms with Gasteiger partial charge in [-0.3, -0.25) is 4.79 Å². The van der Waals surface area contributed by atoms with E-state index in [1.165, 1.54) is 0 Å². The lowest BCUT2D eigenvalue weighted by atomic mass is 10.2. The lowest BCUT2D eigenvalue weighted by Gasteiger charge is -2.11. The smallest absolute Gasteiger partial charge is 0.346 e. The average Bonchev–Trinajstić information content (AvgIpc) is 2.51. The number of hydrogen-bond donors (Lipinski definition) is 2. The van der Waals surface area contributed by atoms with Crippen molar-refractivity contribution in [1.82, 2.24) is 10.6 Å². The van der Waals surface area contributed by atoms with Crippen LogP contribution in [-0.2, 0) is 14.6 Å². The number of hydrogen-bond acceptors (Lipinski definition) is 4. The predicted molar refractivity (Wildman–Crippen MR) is 54.1 cm³/mol. The van der Waals surface area contributed by atoms with E-state index in [2.05, 4.69) is 5.32 Å². The Balaban J connectivity index is 2.21. The molecule has 1 fully saturated rings. The van der Waals surface area contributed by atoms with Crippen LogP contribution in [0, 0.1) is 0 Å². The van der Waals surface area contributed by atoms with Crippen molar-refractivity contribution < 1.29 is 26.4 Å². The van der Waals surface area contributed by atoms with Gasteiger partial charge in [-0.15, -0.1) is 0 Å². The molecule has 0 spiro atoms. The molecule has 0 saturated carbocycles. The molecular weight excluding hydrogens is 261 g/mol. The van der Waals surface area contributed by atoms with Crippen molar-refractivity contribution in [3.05, 3.63) is 0 Å². The number of nitrogens with one attached hydrogen (secondary N) is 2. The first kappa shape index (κ1) is 14.2. The van der Waals surface area contributed by atoms with Gasteiger partial charge in [0.25, 0.3) is 0 Å².